The molecule has 0 amide bonds. The number of fused-ring (bicyclic) bond motifs is 3. The van der Waals surface area contributed by atoms with E-state index in [2.05, 4.69) is 31.0 Å². The highest BCUT2D eigenvalue weighted by atomic mass is 79.9. The highest BCUT2D eigenvalue weighted by molar-refractivity contribution is 9.10. The second kappa shape index (κ2) is 5.48. The lowest BCUT2D eigenvalue weighted by Gasteiger charge is -1.97. The Balaban J connectivity index is 1.87. The van der Waals surface area contributed by atoms with Crippen molar-refractivity contribution in [1.82, 2.24) is 14.6 Å². The third-order valence-corrected chi connectivity index (χ3v) is 4.08. The summed E-state index contributed by atoms with van der Waals surface area (Å²) in [5.74, 6) is 0. The number of H-pyrrole nitrogens is 1. The molecule has 0 fully saturated rings. The van der Waals surface area contributed by atoms with Crippen molar-refractivity contribution in [2.24, 2.45) is 5.10 Å². The van der Waals surface area contributed by atoms with E-state index in [1.807, 2.05) is 48.5 Å². The summed E-state index contributed by atoms with van der Waals surface area (Å²) >= 11 is 3.44. The predicted molar refractivity (Wildman–Crippen MR) is 95.0 cm³/mol. The molecule has 0 aliphatic carbocycles. The quantitative estimate of drug-likeness (QED) is 0.551. The molecule has 23 heavy (non-hydrogen) atoms. The monoisotopic (exact) mass is 366 g/mol. The maximum Gasteiger partial charge on any atom is 0.298 e. The van der Waals surface area contributed by atoms with Crippen LogP contribution in [0, 0.1) is 0 Å². The number of aromatic amines is 1. The van der Waals surface area contributed by atoms with Gasteiger partial charge in [0, 0.05) is 15.4 Å². The van der Waals surface area contributed by atoms with Crippen molar-refractivity contribution in [3.63, 3.8) is 0 Å². The molecule has 0 radical (unpaired) electrons. The summed E-state index contributed by atoms with van der Waals surface area (Å²) in [5, 5.41) is 5.11. The fourth-order valence-corrected chi connectivity index (χ4v) is 2.83. The van der Waals surface area contributed by atoms with Crippen LogP contribution in [0.3, 0.4) is 0 Å². The molecule has 0 atom stereocenters. The standard InChI is InChI=1S/C17H11BrN4O/c18-12-6-7-14-13(8-12)15-16(21-14)17(23)22(10-19-15)20-9-11-4-2-1-3-5-11/h1-10,21H. The van der Waals surface area contributed by atoms with Gasteiger partial charge in [0.2, 0.25) is 0 Å². The summed E-state index contributed by atoms with van der Waals surface area (Å²) in [6, 6.07) is 15.4. The van der Waals surface area contributed by atoms with Gasteiger partial charge in [-0.2, -0.15) is 9.78 Å². The molecule has 6 heteroatoms. The molecule has 0 aliphatic rings. The van der Waals surface area contributed by atoms with Gasteiger partial charge in [0.05, 0.1) is 6.21 Å². The Morgan fingerprint density at radius 1 is 1.17 bits per heavy atom. The van der Waals surface area contributed by atoms with Gasteiger partial charge in [0.15, 0.2) is 0 Å². The number of hydrogen-bond acceptors (Lipinski definition) is 3. The van der Waals surface area contributed by atoms with Gasteiger partial charge in [0.1, 0.15) is 17.4 Å². The van der Waals surface area contributed by atoms with Crippen LogP contribution in [-0.4, -0.2) is 20.9 Å². The van der Waals surface area contributed by atoms with Crippen molar-refractivity contribution in [1.29, 1.82) is 0 Å². The van der Waals surface area contributed by atoms with Gasteiger partial charge in [-0.05, 0) is 23.8 Å². The summed E-state index contributed by atoms with van der Waals surface area (Å²) in [5.41, 5.74) is 2.66. The maximum atomic E-state index is 12.6. The lowest BCUT2D eigenvalue weighted by Crippen LogP contribution is -2.17. The molecular formula is C17H11BrN4O. The fraction of sp³-hybridized carbons (Fsp3) is 0. The molecule has 2 heterocycles. The molecule has 0 unspecified atom stereocenters. The summed E-state index contributed by atoms with van der Waals surface area (Å²) in [7, 11) is 0. The Bertz CT molecular complexity index is 1100. The van der Waals surface area contributed by atoms with Crippen LogP contribution in [0.25, 0.3) is 21.9 Å². The molecule has 2 aromatic heterocycles. The lowest BCUT2D eigenvalue weighted by atomic mass is 10.2. The van der Waals surface area contributed by atoms with E-state index < -0.39 is 0 Å². The third kappa shape index (κ3) is 2.47. The first-order valence-electron chi connectivity index (χ1n) is 7.00. The van der Waals surface area contributed by atoms with Gasteiger partial charge in [-0.3, -0.25) is 4.79 Å². The van der Waals surface area contributed by atoms with Gasteiger partial charge in [-0.25, -0.2) is 4.98 Å². The van der Waals surface area contributed by atoms with E-state index in [0.717, 1.165) is 20.9 Å². The van der Waals surface area contributed by atoms with Gasteiger partial charge in [-0.1, -0.05) is 46.3 Å². The van der Waals surface area contributed by atoms with Crippen LogP contribution in [0.4, 0.5) is 0 Å². The first-order valence-corrected chi connectivity index (χ1v) is 7.80. The van der Waals surface area contributed by atoms with Crippen molar-refractivity contribution < 1.29 is 0 Å². The van der Waals surface area contributed by atoms with Crippen LogP contribution < -0.4 is 5.56 Å². The molecule has 0 spiro atoms. The van der Waals surface area contributed by atoms with Crippen LogP contribution in [-0.2, 0) is 0 Å². The first-order chi connectivity index (χ1) is 11.2. The minimum Gasteiger partial charge on any atom is -0.349 e. The van der Waals surface area contributed by atoms with E-state index in [1.54, 1.807) is 6.21 Å². The Morgan fingerprint density at radius 2 is 2.00 bits per heavy atom. The Hall–Kier alpha value is -2.73. The fourth-order valence-electron chi connectivity index (χ4n) is 2.47. The summed E-state index contributed by atoms with van der Waals surface area (Å²) in [4.78, 5) is 20.1. The first kappa shape index (κ1) is 13.9. The maximum absolute atomic E-state index is 12.6. The van der Waals surface area contributed by atoms with Gasteiger partial charge < -0.3 is 4.98 Å². The van der Waals surface area contributed by atoms with Crippen LogP contribution >= 0.6 is 15.9 Å². The summed E-state index contributed by atoms with van der Waals surface area (Å²) < 4.78 is 2.18. The zero-order valence-corrected chi connectivity index (χ0v) is 13.5. The zero-order chi connectivity index (χ0) is 15.8. The average molecular weight is 367 g/mol. The van der Waals surface area contributed by atoms with Crippen LogP contribution in [0.1, 0.15) is 5.56 Å². The van der Waals surface area contributed by atoms with E-state index in [-0.39, 0.29) is 5.56 Å². The zero-order valence-electron chi connectivity index (χ0n) is 11.9. The molecule has 2 aromatic carbocycles. The molecule has 0 saturated carbocycles. The highest BCUT2D eigenvalue weighted by Crippen LogP contribution is 2.24. The minimum absolute atomic E-state index is 0.227. The second-order valence-corrected chi connectivity index (χ2v) is 6.00. The third-order valence-electron chi connectivity index (χ3n) is 3.58. The number of halogens is 1. The molecular weight excluding hydrogens is 356 g/mol. The Labute approximate surface area is 139 Å². The SMILES string of the molecule is O=c1c2[nH]c3ccc(Br)cc3c2ncn1N=Cc1ccccc1. The Kier molecular flexibility index (Phi) is 3.31. The minimum atomic E-state index is -0.227. The smallest absolute Gasteiger partial charge is 0.298 e. The molecule has 112 valence electrons. The number of rotatable bonds is 2. The largest absolute Gasteiger partial charge is 0.349 e. The number of nitrogens with zero attached hydrogens (tertiary/aromatic N) is 3. The average Bonchev–Trinajstić information content (AvgIpc) is 2.94. The van der Waals surface area contributed by atoms with E-state index >= 15 is 0 Å². The second-order valence-electron chi connectivity index (χ2n) is 5.09. The molecule has 4 rings (SSSR count). The van der Waals surface area contributed by atoms with Gasteiger partial charge >= 0.3 is 0 Å². The Morgan fingerprint density at radius 3 is 2.83 bits per heavy atom. The molecule has 0 bridgehead atoms. The molecule has 0 aliphatic heterocycles. The lowest BCUT2D eigenvalue weighted by molar-refractivity contribution is 0.815. The number of hydrogen-bond donors (Lipinski definition) is 1. The van der Waals surface area contributed by atoms with Crippen molar-refractivity contribution in [3.05, 3.63) is 75.2 Å². The highest BCUT2D eigenvalue weighted by Gasteiger charge is 2.10. The van der Waals surface area contributed by atoms with Crippen LogP contribution in [0.15, 0.2) is 69.2 Å². The number of aromatic nitrogens is 3. The molecule has 5 nitrogen and oxygen atoms in total. The normalized spacial score (nSPS) is 11.7. The van der Waals surface area contributed by atoms with E-state index in [0.29, 0.717) is 11.0 Å². The molecule has 4 aromatic rings. The summed E-state index contributed by atoms with van der Waals surface area (Å²) in [6.45, 7) is 0. The van der Waals surface area contributed by atoms with Crippen molar-refractivity contribution in [2.75, 3.05) is 0 Å². The van der Waals surface area contributed by atoms with Crippen molar-refractivity contribution >= 4 is 44.1 Å². The van der Waals surface area contributed by atoms with Crippen molar-refractivity contribution in [3.8, 4) is 0 Å². The number of nitrogens with one attached hydrogen (secondary N) is 1. The van der Waals surface area contributed by atoms with E-state index in [1.165, 1.54) is 11.0 Å². The van der Waals surface area contributed by atoms with Crippen LogP contribution in [0.5, 0.6) is 0 Å². The summed E-state index contributed by atoms with van der Waals surface area (Å²) in [6.07, 6.45) is 3.08. The van der Waals surface area contributed by atoms with E-state index in [4.69, 9.17) is 0 Å². The predicted octanol–water partition coefficient (Wildman–Crippen LogP) is 3.52. The van der Waals surface area contributed by atoms with Crippen LogP contribution in [0.2, 0.25) is 0 Å². The number of benzene rings is 2. The van der Waals surface area contributed by atoms with Gasteiger partial charge in [-0.15, -0.1) is 0 Å². The topological polar surface area (TPSA) is 63.0 Å². The molecule has 1 N–H and O–H groups in total. The van der Waals surface area contributed by atoms with Gasteiger partial charge in [0.25, 0.3) is 5.56 Å². The molecule has 0 saturated heterocycles. The van der Waals surface area contributed by atoms with E-state index in [9.17, 15) is 4.79 Å². The van der Waals surface area contributed by atoms with Crippen molar-refractivity contribution in [2.45, 2.75) is 0 Å².